The Balaban J connectivity index is 1.40. The third kappa shape index (κ3) is 6.34. The van der Waals surface area contributed by atoms with Crippen molar-refractivity contribution in [3.8, 4) is 5.69 Å². The van der Waals surface area contributed by atoms with Gasteiger partial charge in [-0.15, -0.1) is 0 Å². The number of piperazine rings is 1. The van der Waals surface area contributed by atoms with E-state index in [0.29, 0.717) is 24.6 Å². The first-order valence-electron chi connectivity index (χ1n) is 13.0. The minimum absolute atomic E-state index is 0.0241. The van der Waals surface area contributed by atoms with Crippen molar-refractivity contribution in [2.24, 2.45) is 0 Å². The van der Waals surface area contributed by atoms with Crippen molar-refractivity contribution in [2.75, 3.05) is 48.8 Å². The van der Waals surface area contributed by atoms with Gasteiger partial charge in [-0.1, -0.05) is 38.5 Å². The van der Waals surface area contributed by atoms with Gasteiger partial charge in [-0.25, -0.2) is 9.48 Å². The Morgan fingerprint density at radius 3 is 2.11 bits per heavy atom. The molecule has 0 aliphatic carbocycles. The molecular formula is C29H38N6O3. The summed E-state index contributed by atoms with van der Waals surface area (Å²) >= 11 is 0. The largest absolute Gasteiger partial charge is 0.372 e. The summed E-state index contributed by atoms with van der Waals surface area (Å²) in [7, 11) is 1.55. The molecule has 3 aromatic rings. The smallest absolute Gasteiger partial charge is 0.324 e. The summed E-state index contributed by atoms with van der Waals surface area (Å²) in [5.74, 6) is 0.624. The highest BCUT2D eigenvalue weighted by molar-refractivity contribution is 5.99. The van der Waals surface area contributed by atoms with Gasteiger partial charge >= 0.3 is 6.03 Å². The monoisotopic (exact) mass is 518 g/mol. The number of ether oxygens (including phenoxy) is 1. The maximum Gasteiger partial charge on any atom is 0.324 e. The van der Waals surface area contributed by atoms with Gasteiger partial charge in [0.15, 0.2) is 0 Å². The molecule has 1 atom stereocenters. The molecule has 0 bridgehead atoms. The Kier molecular flexibility index (Phi) is 8.06. The van der Waals surface area contributed by atoms with Gasteiger partial charge in [0.2, 0.25) is 0 Å². The zero-order chi connectivity index (χ0) is 27.4. The number of aromatic nitrogens is 2. The van der Waals surface area contributed by atoms with Gasteiger partial charge in [0, 0.05) is 56.1 Å². The molecule has 1 fully saturated rings. The van der Waals surface area contributed by atoms with Crippen molar-refractivity contribution in [3.63, 3.8) is 0 Å². The van der Waals surface area contributed by atoms with Crippen molar-refractivity contribution in [1.82, 2.24) is 14.7 Å². The second-order valence-corrected chi connectivity index (χ2v) is 10.7. The molecule has 0 spiro atoms. The lowest BCUT2D eigenvalue weighted by Crippen LogP contribution is -2.51. The number of aryl methyl sites for hydroxylation is 1. The first kappa shape index (κ1) is 27.2. The van der Waals surface area contributed by atoms with Crippen LogP contribution in [0.1, 0.15) is 39.0 Å². The number of carbonyl (C=O) groups excluding carboxylic acids is 2. The molecule has 202 valence electrons. The summed E-state index contributed by atoms with van der Waals surface area (Å²) in [4.78, 5) is 29.4. The zero-order valence-corrected chi connectivity index (χ0v) is 23.1. The van der Waals surface area contributed by atoms with E-state index in [1.807, 2.05) is 66.4 Å². The fourth-order valence-electron chi connectivity index (χ4n) is 4.30. The Bertz CT molecular complexity index is 1250. The van der Waals surface area contributed by atoms with Gasteiger partial charge in [-0.3, -0.25) is 10.1 Å². The third-order valence-corrected chi connectivity index (χ3v) is 6.78. The highest BCUT2D eigenvalue weighted by Crippen LogP contribution is 2.27. The number of amides is 3. The van der Waals surface area contributed by atoms with E-state index in [2.05, 4.69) is 36.3 Å². The van der Waals surface area contributed by atoms with Gasteiger partial charge in [0.05, 0.1) is 11.4 Å². The van der Waals surface area contributed by atoms with Gasteiger partial charge in [-0.2, -0.15) is 5.10 Å². The molecule has 2 heterocycles. The Morgan fingerprint density at radius 2 is 1.53 bits per heavy atom. The van der Waals surface area contributed by atoms with Crippen molar-refractivity contribution in [1.29, 1.82) is 0 Å². The van der Waals surface area contributed by atoms with E-state index < -0.39 is 6.10 Å². The molecule has 9 heteroatoms. The molecule has 1 aliphatic heterocycles. The predicted molar refractivity (Wildman–Crippen MR) is 151 cm³/mol. The topological polar surface area (TPSA) is 91.7 Å². The molecule has 2 N–H and O–H groups in total. The molecule has 1 aromatic heterocycles. The van der Waals surface area contributed by atoms with Gasteiger partial charge in [0.1, 0.15) is 11.9 Å². The fraction of sp³-hybridized carbons (Fsp3) is 0.414. The number of benzene rings is 2. The zero-order valence-electron chi connectivity index (χ0n) is 23.1. The number of rotatable bonds is 6. The normalized spacial score (nSPS) is 14.8. The van der Waals surface area contributed by atoms with E-state index in [0.717, 1.165) is 35.7 Å². The molecule has 3 amide bonds. The molecular weight excluding hydrogens is 480 g/mol. The average Bonchev–Trinajstić information content (AvgIpc) is 3.33. The van der Waals surface area contributed by atoms with Crippen LogP contribution >= 0.6 is 0 Å². The van der Waals surface area contributed by atoms with E-state index in [4.69, 9.17) is 9.84 Å². The number of hydrogen-bond donors (Lipinski definition) is 2. The Hall–Kier alpha value is -3.85. The number of nitrogens with one attached hydrogen (secondary N) is 2. The molecule has 2 aromatic carbocycles. The first-order chi connectivity index (χ1) is 18.0. The number of anilines is 3. The molecule has 9 nitrogen and oxygen atoms in total. The molecule has 38 heavy (non-hydrogen) atoms. The van der Waals surface area contributed by atoms with Crippen molar-refractivity contribution in [3.05, 3.63) is 65.9 Å². The standard InChI is InChI=1S/C29H38N6O3/c1-20-7-11-24(12-8-20)35-26(19-25(32-35)29(3,4)5)31-28(37)30-22-9-13-23(14-10-22)33-15-17-34(18-16-33)27(36)21(2)38-6/h7-14,19,21H,15-18H2,1-6H3,(H2,30,31,37)/t21-/m1/s1. The van der Waals surface area contributed by atoms with Crippen LogP contribution in [0.15, 0.2) is 54.6 Å². The van der Waals surface area contributed by atoms with E-state index >= 15 is 0 Å². The summed E-state index contributed by atoms with van der Waals surface area (Å²) in [6.45, 7) is 12.9. The lowest BCUT2D eigenvalue weighted by atomic mass is 9.92. The van der Waals surface area contributed by atoms with Crippen LogP contribution in [0.2, 0.25) is 0 Å². The van der Waals surface area contributed by atoms with Crippen molar-refractivity contribution < 1.29 is 14.3 Å². The summed E-state index contributed by atoms with van der Waals surface area (Å²) in [5, 5.41) is 10.7. The lowest BCUT2D eigenvalue weighted by Gasteiger charge is -2.37. The molecule has 1 saturated heterocycles. The van der Waals surface area contributed by atoms with Crippen LogP contribution in [0.4, 0.5) is 22.0 Å². The van der Waals surface area contributed by atoms with Crippen molar-refractivity contribution in [2.45, 2.75) is 46.1 Å². The summed E-state index contributed by atoms with van der Waals surface area (Å²) in [5.41, 5.74) is 4.49. The average molecular weight is 519 g/mol. The Labute approximate surface area is 224 Å². The third-order valence-electron chi connectivity index (χ3n) is 6.78. The highest BCUT2D eigenvalue weighted by Gasteiger charge is 2.25. The number of methoxy groups -OCH3 is 1. The van der Waals surface area contributed by atoms with E-state index in [-0.39, 0.29) is 17.4 Å². The minimum Gasteiger partial charge on any atom is -0.372 e. The van der Waals surface area contributed by atoms with Crippen LogP contribution in [0.5, 0.6) is 0 Å². The molecule has 0 unspecified atom stereocenters. The number of nitrogens with zero attached hydrogens (tertiary/aromatic N) is 4. The summed E-state index contributed by atoms with van der Waals surface area (Å²) in [6, 6.07) is 17.3. The quantitative estimate of drug-likeness (QED) is 0.489. The van der Waals surface area contributed by atoms with E-state index in [9.17, 15) is 9.59 Å². The Morgan fingerprint density at radius 1 is 0.921 bits per heavy atom. The number of carbonyl (C=O) groups is 2. The minimum atomic E-state index is -0.423. The van der Waals surface area contributed by atoms with Crippen LogP contribution in [0, 0.1) is 6.92 Å². The van der Waals surface area contributed by atoms with E-state index in [1.165, 1.54) is 0 Å². The van der Waals surface area contributed by atoms with E-state index in [1.54, 1.807) is 18.7 Å². The van der Waals surface area contributed by atoms with Crippen molar-refractivity contribution >= 4 is 29.1 Å². The summed E-state index contributed by atoms with van der Waals surface area (Å²) < 4.78 is 6.92. The van der Waals surface area contributed by atoms with Crippen LogP contribution in [0.3, 0.4) is 0 Å². The molecule has 0 saturated carbocycles. The lowest BCUT2D eigenvalue weighted by molar-refractivity contribution is -0.141. The van der Waals surface area contributed by atoms with Gasteiger partial charge in [0.25, 0.3) is 5.91 Å². The SMILES string of the molecule is CO[C@H](C)C(=O)N1CCN(c2ccc(NC(=O)Nc3cc(C(C)(C)C)nn3-c3ccc(C)cc3)cc2)CC1. The number of hydrogen-bond acceptors (Lipinski definition) is 5. The number of urea groups is 1. The maximum atomic E-state index is 12.9. The first-order valence-corrected chi connectivity index (χ1v) is 13.0. The summed E-state index contributed by atoms with van der Waals surface area (Å²) in [6.07, 6.45) is -0.423. The molecule has 1 aliphatic rings. The highest BCUT2D eigenvalue weighted by atomic mass is 16.5. The maximum absolute atomic E-state index is 12.9. The van der Waals surface area contributed by atoms with Crippen LogP contribution in [-0.4, -0.2) is 66.0 Å². The van der Waals surface area contributed by atoms with Crippen LogP contribution in [-0.2, 0) is 14.9 Å². The second-order valence-electron chi connectivity index (χ2n) is 10.7. The van der Waals surface area contributed by atoms with Crippen LogP contribution < -0.4 is 15.5 Å². The van der Waals surface area contributed by atoms with Gasteiger partial charge < -0.3 is 19.9 Å². The molecule has 4 rings (SSSR count). The fourth-order valence-corrected chi connectivity index (χ4v) is 4.30. The van der Waals surface area contributed by atoms with Gasteiger partial charge in [-0.05, 0) is 50.2 Å². The molecule has 0 radical (unpaired) electrons. The second kappa shape index (κ2) is 11.3. The van der Waals surface area contributed by atoms with Crippen LogP contribution in [0.25, 0.3) is 5.69 Å². The predicted octanol–water partition coefficient (Wildman–Crippen LogP) is 4.81.